The molecule has 1 heterocycles. The molecule has 0 saturated carbocycles. The van der Waals surface area contributed by atoms with Gasteiger partial charge in [-0.15, -0.1) is 0 Å². The quantitative estimate of drug-likeness (QED) is 0.611. The van der Waals surface area contributed by atoms with Gasteiger partial charge in [-0.05, 0) is 6.92 Å². The summed E-state index contributed by atoms with van der Waals surface area (Å²) in [5.74, 6) is -0.406. The van der Waals surface area contributed by atoms with E-state index in [4.69, 9.17) is 5.11 Å². The largest absolute Gasteiger partial charge is 0.392 e. The average molecular weight is 200 g/mol. The van der Waals surface area contributed by atoms with Crippen molar-refractivity contribution >= 4 is 11.8 Å². The van der Waals surface area contributed by atoms with Crippen molar-refractivity contribution in [2.75, 3.05) is 20.1 Å². The zero-order valence-electron chi connectivity index (χ0n) is 8.49. The van der Waals surface area contributed by atoms with E-state index in [1.807, 2.05) is 0 Å². The van der Waals surface area contributed by atoms with Crippen LogP contribution in [-0.4, -0.2) is 48.1 Å². The van der Waals surface area contributed by atoms with Crippen LogP contribution in [0.15, 0.2) is 0 Å². The molecule has 14 heavy (non-hydrogen) atoms. The molecule has 1 aliphatic heterocycles. The Bertz CT molecular complexity index is 240. The number of nitrogens with zero attached hydrogens (tertiary/aromatic N) is 1. The van der Waals surface area contributed by atoms with Gasteiger partial charge in [-0.3, -0.25) is 9.59 Å². The molecule has 1 rings (SSSR count). The van der Waals surface area contributed by atoms with Crippen LogP contribution >= 0.6 is 0 Å². The van der Waals surface area contributed by atoms with E-state index in [1.165, 1.54) is 0 Å². The number of carbonyl (C=O) groups is 2. The summed E-state index contributed by atoms with van der Waals surface area (Å²) >= 11 is 0. The summed E-state index contributed by atoms with van der Waals surface area (Å²) in [5.41, 5.74) is 0. The Labute approximate surface area is 83.1 Å². The van der Waals surface area contributed by atoms with E-state index in [0.717, 1.165) is 0 Å². The van der Waals surface area contributed by atoms with Crippen molar-refractivity contribution in [1.29, 1.82) is 0 Å². The van der Waals surface area contributed by atoms with Gasteiger partial charge in [0.1, 0.15) is 0 Å². The van der Waals surface area contributed by atoms with E-state index in [-0.39, 0.29) is 30.7 Å². The maximum atomic E-state index is 11.4. The average Bonchev–Trinajstić information content (AvgIpc) is 2.43. The van der Waals surface area contributed by atoms with Gasteiger partial charge in [-0.2, -0.15) is 0 Å². The second kappa shape index (κ2) is 4.41. The molecule has 80 valence electrons. The number of hydrogen-bond donors (Lipinski definition) is 2. The first kappa shape index (κ1) is 11.0. The molecule has 0 aliphatic carbocycles. The van der Waals surface area contributed by atoms with Crippen LogP contribution < -0.4 is 5.32 Å². The predicted octanol–water partition coefficient (Wildman–Crippen LogP) is -1.04. The fourth-order valence-electron chi connectivity index (χ4n) is 1.43. The summed E-state index contributed by atoms with van der Waals surface area (Å²) in [5, 5.41) is 11.6. The first-order valence-corrected chi connectivity index (χ1v) is 4.70. The minimum absolute atomic E-state index is 0.00203. The number of carbonyl (C=O) groups excluding carboxylic acids is 2. The number of aliphatic hydroxyl groups excluding tert-OH is 1. The lowest BCUT2D eigenvalue weighted by molar-refractivity contribution is -0.128. The minimum Gasteiger partial charge on any atom is -0.392 e. The molecule has 0 aromatic rings. The monoisotopic (exact) mass is 200 g/mol. The molecular formula is C9H16N2O3. The van der Waals surface area contributed by atoms with E-state index in [0.29, 0.717) is 6.54 Å². The van der Waals surface area contributed by atoms with Gasteiger partial charge < -0.3 is 15.3 Å². The third-order valence-corrected chi connectivity index (χ3v) is 2.28. The zero-order valence-corrected chi connectivity index (χ0v) is 8.49. The molecule has 2 amide bonds. The molecule has 0 radical (unpaired) electrons. The van der Waals surface area contributed by atoms with Crippen LogP contribution in [0.25, 0.3) is 0 Å². The summed E-state index contributed by atoms with van der Waals surface area (Å²) in [6.45, 7) is 2.32. The van der Waals surface area contributed by atoms with Crippen molar-refractivity contribution in [3.8, 4) is 0 Å². The molecule has 1 unspecified atom stereocenters. The van der Waals surface area contributed by atoms with Crippen molar-refractivity contribution < 1.29 is 14.7 Å². The third kappa shape index (κ3) is 2.70. The first-order valence-electron chi connectivity index (χ1n) is 4.70. The Morgan fingerprint density at radius 1 is 1.79 bits per heavy atom. The summed E-state index contributed by atoms with van der Waals surface area (Å²) in [4.78, 5) is 24.1. The van der Waals surface area contributed by atoms with Gasteiger partial charge in [-0.1, -0.05) is 0 Å². The Morgan fingerprint density at radius 3 is 2.86 bits per heavy atom. The highest BCUT2D eigenvalue weighted by Gasteiger charge is 2.31. The number of amides is 2. The third-order valence-electron chi connectivity index (χ3n) is 2.28. The highest BCUT2D eigenvalue weighted by Crippen LogP contribution is 2.15. The molecule has 0 bridgehead atoms. The maximum absolute atomic E-state index is 11.4. The molecule has 0 spiro atoms. The maximum Gasteiger partial charge on any atom is 0.225 e. The summed E-state index contributed by atoms with van der Waals surface area (Å²) < 4.78 is 0. The summed E-state index contributed by atoms with van der Waals surface area (Å²) in [6.07, 6.45) is -0.268. The molecule has 2 atom stereocenters. The number of rotatable bonds is 3. The SMILES string of the molecule is C[C@H](O)CNC(=O)C1CC(=O)N(C)C1. The molecule has 1 fully saturated rings. The van der Waals surface area contributed by atoms with Gasteiger partial charge in [-0.25, -0.2) is 0 Å². The van der Waals surface area contributed by atoms with Gasteiger partial charge in [0, 0.05) is 26.6 Å². The van der Waals surface area contributed by atoms with Crippen molar-refractivity contribution in [1.82, 2.24) is 10.2 Å². The lowest BCUT2D eigenvalue weighted by atomic mass is 10.1. The molecule has 5 heteroatoms. The number of aliphatic hydroxyl groups is 1. The van der Waals surface area contributed by atoms with Crippen LogP contribution in [-0.2, 0) is 9.59 Å². The Hall–Kier alpha value is -1.10. The van der Waals surface area contributed by atoms with Crippen LogP contribution in [0.4, 0.5) is 0 Å². The first-order chi connectivity index (χ1) is 6.50. The molecule has 1 saturated heterocycles. The van der Waals surface area contributed by atoms with Crippen molar-refractivity contribution in [2.24, 2.45) is 5.92 Å². The summed E-state index contributed by atoms with van der Waals surface area (Å²) in [6, 6.07) is 0. The Balaban J connectivity index is 2.36. The van der Waals surface area contributed by atoms with Crippen LogP contribution in [0.1, 0.15) is 13.3 Å². The standard InChI is InChI=1S/C9H16N2O3/c1-6(12)4-10-9(14)7-3-8(13)11(2)5-7/h6-7,12H,3-5H2,1-2H3,(H,10,14)/t6-,7?/m0/s1. The predicted molar refractivity (Wildman–Crippen MR) is 50.4 cm³/mol. The minimum atomic E-state index is -0.547. The Morgan fingerprint density at radius 2 is 2.43 bits per heavy atom. The van der Waals surface area contributed by atoms with Crippen LogP contribution in [0, 0.1) is 5.92 Å². The lowest BCUT2D eigenvalue weighted by Crippen LogP contribution is -2.36. The summed E-state index contributed by atoms with van der Waals surface area (Å²) in [7, 11) is 1.68. The molecule has 0 aromatic carbocycles. The lowest BCUT2D eigenvalue weighted by Gasteiger charge is -2.11. The van der Waals surface area contributed by atoms with Gasteiger partial charge in [0.2, 0.25) is 11.8 Å². The van der Waals surface area contributed by atoms with Gasteiger partial charge >= 0.3 is 0 Å². The van der Waals surface area contributed by atoms with E-state index < -0.39 is 6.10 Å². The second-order valence-corrected chi connectivity index (χ2v) is 3.77. The Kier molecular flexibility index (Phi) is 3.46. The van der Waals surface area contributed by atoms with E-state index in [2.05, 4.69) is 5.32 Å². The normalized spacial score (nSPS) is 23.8. The van der Waals surface area contributed by atoms with Crippen molar-refractivity contribution in [3.05, 3.63) is 0 Å². The van der Waals surface area contributed by atoms with Gasteiger partial charge in [0.25, 0.3) is 0 Å². The fraction of sp³-hybridized carbons (Fsp3) is 0.778. The highest BCUT2D eigenvalue weighted by molar-refractivity contribution is 5.89. The number of likely N-dealkylation sites (tertiary alicyclic amines) is 1. The fourth-order valence-corrected chi connectivity index (χ4v) is 1.43. The van der Waals surface area contributed by atoms with E-state index >= 15 is 0 Å². The van der Waals surface area contributed by atoms with Crippen LogP contribution in [0.3, 0.4) is 0 Å². The van der Waals surface area contributed by atoms with Crippen molar-refractivity contribution in [3.63, 3.8) is 0 Å². The smallest absolute Gasteiger partial charge is 0.225 e. The van der Waals surface area contributed by atoms with E-state index in [9.17, 15) is 9.59 Å². The molecule has 5 nitrogen and oxygen atoms in total. The van der Waals surface area contributed by atoms with Crippen LogP contribution in [0.5, 0.6) is 0 Å². The van der Waals surface area contributed by atoms with Crippen LogP contribution in [0.2, 0.25) is 0 Å². The van der Waals surface area contributed by atoms with E-state index in [1.54, 1.807) is 18.9 Å². The van der Waals surface area contributed by atoms with Crippen molar-refractivity contribution in [2.45, 2.75) is 19.4 Å². The number of hydrogen-bond acceptors (Lipinski definition) is 3. The molecule has 0 aromatic heterocycles. The topological polar surface area (TPSA) is 69.6 Å². The molecule has 1 aliphatic rings. The number of nitrogens with one attached hydrogen (secondary N) is 1. The van der Waals surface area contributed by atoms with Gasteiger partial charge in [0.15, 0.2) is 0 Å². The zero-order chi connectivity index (χ0) is 10.7. The molecule has 2 N–H and O–H groups in total. The van der Waals surface area contributed by atoms with Gasteiger partial charge in [0.05, 0.1) is 12.0 Å². The highest BCUT2D eigenvalue weighted by atomic mass is 16.3. The second-order valence-electron chi connectivity index (χ2n) is 3.77. The molecular weight excluding hydrogens is 184 g/mol.